The summed E-state index contributed by atoms with van der Waals surface area (Å²) in [7, 11) is 0. The minimum absolute atomic E-state index is 0.0975. The van der Waals surface area contributed by atoms with Crippen molar-refractivity contribution in [2.24, 2.45) is 0 Å². The normalized spacial score (nSPS) is 12.6. The Morgan fingerprint density at radius 1 is 0.303 bits per heavy atom. The first kappa shape index (κ1) is 62.8. The fourth-order valence-electron chi connectivity index (χ4n) is 7.66. The minimum Gasteiger partial charge on any atom is -0.462 e. The van der Waals surface area contributed by atoms with Crippen LogP contribution in [0.5, 0.6) is 0 Å². The SMILES string of the molecule is CCCCC/C=C\C/C=C\C/C=C\C/C=C\CCCC(=O)OCC(COC(=O)CCCCCCCCC/C=C\CCCCCC)OC(=O)CCCCCCC/C=C\CCCCCCCCC. The fourth-order valence-corrected chi connectivity index (χ4v) is 7.66. The molecule has 0 saturated carbocycles. The first-order chi connectivity index (χ1) is 32.5. The smallest absolute Gasteiger partial charge is 0.306 e. The van der Waals surface area contributed by atoms with Crippen molar-refractivity contribution in [1.29, 1.82) is 0 Å². The van der Waals surface area contributed by atoms with Gasteiger partial charge in [-0.15, -0.1) is 0 Å². The number of unbranched alkanes of at least 4 members (excludes halogenated alkanes) is 27. The molecule has 0 radical (unpaired) electrons. The molecular weight excluding hydrogens is 817 g/mol. The molecule has 380 valence electrons. The molecular formula is C60H104O6. The molecule has 0 N–H and O–H groups in total. The number of esters is 3. The lowest BCUT2D eigenvalue weighted by Crippen LogP contribution is -2.30. The van der Waals surface area contributed by atoms with Crippen LogP contribution in [0.3, 0.4) is 0 Å². The fraction of sp³-hybridized carbons (Fsp3) is 0.750. The van der Waals surface area contributed by atoms with Gasteiger partial charge in [0.05, 0.1) is 0 Å². The lowest BCUT2D eigenvalue weighted by Gasteiger charge is -2.18. The Bertz CT molecular complexity index is 1240. The highest BCUT2D eigenvalue weighted by Gasteiger charge is 2.19. The van der Waals surface area contributed by atoms with Gasteiger partial charge in [0.2, 0.25) is 0 Å². The second-order valence-corrected chi connectivity index (χ2v) is 18.5. The van der Waals surface area contributed by atoms with Crippen LogP contribution in [-0.2, 0) is 28.6 Å². The Hall–Kier alpha value is -3.15. The summed E-state index contributed by atoms with van der Waals surface area (Å²) in [5.41, 5.74) is 0. The van der Waals surface area contributed by atoms with Gasteiger partial charge < -0.3 is 14.2 Å². The molecule has 1 unspecified atom stereocenters. The van der Waals surface area contributed by atoms with Crippen LogP contribution in [0.25, 0.3) is 0 Å². The van der Waals surface area contributed by atoms with Crippen molar-refractivity contribution in [3.63, 3.8) is 0 Å². The van der Waals surface area contributed by atoms with Crippen LogP contribution in [0.15, 0.2) is 72.9 Å². The number of allylic oxidation sites excluding steroid dienone is 12. The molecule has 0 saturated heterocycles. The maximum absolute atomic E-state index is 12.8. The van der Waals surface area contributed by atoms with Crippen LogP contribution in [0.1, 0.15) is 271 Å². The average Bonchev–Trinajstić information content (AvgIpc) is 3.31. The van der Waals surface area contributed by atoms with E-state index in [2.05, 4.69) is 93.7 Å². The van der Waals surface area contributed by atoms with Crippen molar-refractivity contribution in [2.75, 3.05) is 13.2 Å². The zero-order chi connectivity index (χ0) is 47.9. The third-order valence-electron chi connectivity index (χ3n) is 11.9. The van der Waals surface area contributed by atoms with Gasteiger partial charge in [-0.05, 0) is 109 Å². The Kier molecular flexibility index (Phi) is 51.9. The highest BCUT2D eigenvalue weighted by molar-refractivity contribution is 5.71. The number of hydrogen-bond donors (Lipinski definition) is 0. The predicted octanol–water partition coefficient (Wildman–Crippen LogP) is 18.6. The van der Waals surface area contributed by atoms with E-state index >= 15 is 0 Å². The molecule has 0 fully saturated rings. The number of carbonyl (C=O) groups is 3. The van der Waals surface area contributed by atoms with E-state index in [0.29, 0.717) is 19.3 Å². The molecule has 0 aliphatic rings. The summed E-state index contributed by atoms with van der Waals surface area (Å²) < 4.78 is 16.8. The molecule has 66 heavy (non-hydrogen) atoms. The van der Waals surface area contributed by atoms with Gasteiger partial charge in [0.1, 0.15) is 13.2 Å². The Morgan fingerprint density at radius 2 is 0.561 bits per heavy atom. The summed E-state index contributed by atoms with van der Waals surface area (Å²) in [5.74, 6) is -0.963. The van der Waals surface area contributed by atoms with Gasteiger partial charge in [-0.25, -0.2) is 0 Å². The maximum Gasteiger partial charge on any atom is 0.306 e. The average molecular weight is 921 g/mol. The summed E-state index contributed by atoms with van der Waals surface area (Å²) in [5, 5.41) is 0. The molecule has 6 nitrogen and oxygen atoms in total. The van der Waals surface area contributed by atoms with E-state index in [1.54, 1.807) is 0 Å². The van der Waals surface area contributed by atoms with E-state index in [-0.39, 0.29) is 37.5 Å². The summed E-state index contributed by atoms with van der Waals surface area (Å²) >= 11 is 0. The van der Waals surface area contributed by atoms with Gasteiger partial charge in [0.15, 0.2) is 6.10 Å². The number of rotatable bonds is 50. The summed E-state index contributed by atoms with van der Waals surface area (Å²) in [6, 6.07) is 0. The number of carbonyl (C=O) groups excluding carboxylic acids is 3. The van der Waals surface area contributed by atoms with E-state index in [4.69, 9.17) is 14.2 Å². The van der Waals surface area contributed by atoms with Crippen molar-refractivity contribution in [2.45, 2.75) is 277 Å². The summed E-state index contributed by atoms with van der Waals surface area (Å²) in [6.07, 6.45) is 68.9. The van der Waals surface area contributed by atoms with Crippen LogP contribution >= 0.6 is 0 Å². The van der Waals surface area contributed by atoms with Crippen molar-refractivity contribution >= 4 is 17.9 Å². The first-order valence-electron chi connectivity index (χ1n) is 27.9. The molecule has 0 aromatic rings. The highest BCUT2D eigenvalue weighted by Crippen LogP contribution is 2.14. The molecule has 6 heteroatoms. The zero-order valence-electron chi connectivity index (χ0n) is 43.4. The van der Waals surface area contributed by atoms with Crippen LogP contribution in [0, 0.1) is 0 Å². The van der Waals surface area contributed by atoms with E-state index in [1.807, 2.05) is 0 Å². The van der Waals surface area contributed by atoms with E-state index < -0.39 is 6.10 Å². The monoisotopic (exact) mass is 921 g/mol. The van der Waals surface area contributed by atoms with Crippen LogP contribution in [-0.4, -0.2) is 37.2 Å². The van der Waals surface area contributed by atoms with Gasteiger partial charge in [0.25, 0.3) is 0 Å². The molecule has 0 aliphatic heterocycles. The molecule has 0 bridgehead atoms. The van der Waals surface area contributed by atoms with Crippen LogP contribution < -0.4 is 0 Å². The Labute approximate surface area is 408 Å². The predicted molar refractivity (Wildman–Crippen MR) is 284 cm³/mol. The molecule has 0 aromatic heterocycles. The molecule has 0 spiro atoms. The third-order valence-corrected chi connectivity index (χ3v) is 11.9. The van der Waals surface area contributed by atoms with E-state index in [0.717, 1.165) is 77.0 Å². The zero-order valence-corrected chi connectivity index (χ0v) is 43.4. The lowest BCUT2D eigenvalue weighted by molar-refractivity contribution is -0.167. The second kappa shape index (κ2) is 54.5. The van der Waals surface area contributed by atoms with E-state index in [1.165, 1.54) is 148 Å². The van der Waals surface area contributed by atoms with Crippen molar-refractivity contribution in [3.05, 3.63) is 72.9 Å². The van der Waals surface area contributed by atoms with Gasteiger partial charge in [-0.3, -0.25) is 14.4 Å². The van der Waals surface area contributed by atoms with Crippen LogP contribution in [0.4, 0.5) is 0 Å². The van der Waals surface area contributed by atoms with Gasteiger partial charge in [-0.2, -0.15) is 0 Å². The highest BCUT2D eigenvalue weighted by atomic mass is 16.6. The van der Waals surface area contributed by atoms with Gasteiger partial charge in [-0.1, -0.05) is 216 Å². The topological polar surface area (TPSA) is 78.9 Å². The maximum atomic E-state index is 12.8. The Balaban J connectivity index is 4.48. The van der Waals surface area contributed by atoms with Gasteiger partial charge in [0, 0.05) is 19.3 Å². The summed E-state index contributed by atoms with van der Waals surface area (Å²) in [4.78, 5) is 38.1. The molecule has 0 aromatic carbocycles. The van der Waals surface area contributed by atoms with Gasteiger partial charge >= 0.3 is 17.9 Å². The van der Waals surface area contributed by atoms with E-state index in [9.17, 15) is 14.4 Å². The molecule has 1 atom stereocenters. The largest absolute Gasteiger partial charge is 0.462 e. The third kappa shape index (κ3) is 51.8. The molecule has 0 heterocycles. The first-order valence-corrected chi connectivity index (χ1v) is 27.9. The Morgan fingerprint density at radius 3 is 0.970 bits per heavy atom. The molecule has 0 rings (SSSR count). The van der Waals surface area contributed by atoms with Crippen molar-refractivity contribution < 1.29 is 28.6 Å². The van der Waals surface area contributed by atoms with Crippen LogP contribution in [0.2, 0.25) is 0 Å². The minimum atomic E-state index is -0.803. The molecule has 0 aliphatic carbocycles. The second-order valence-electron chi connectivity index (χ2n) is 18.5. The number of hydrogen-bond acceptors (Lipinski definition) is 6. The lowest BCUT2D eigenvalue weighted by atomic mass is 10.1. The summed E-state index contributed by atoms with van der Waals surface area (Å²) in [6.45, 7) is 6.55. The van der Waals surface area contributed by atoms with Crippen molar-refractivity contribution in [1.82, 2.24) is 0 Å². The number of ether oxygens (including phenoxy) is 3. The quantitative estimate of drug-likeness (QED) is 0.0262. The molecule has 0 amide bonds. The standard InChI is InChI=1S/C60H104O6/c1-4-7-10-13-16-19-22-25-28-30-33-35-38-41-44-47-50-53-59(62)65-56-57(55-64-58(61)52-49-46-43-40-37-34-31-27-24-21-18-15-12-9-6-3)66-60(63)54-51-48-45-42-39-36-32-29-26-23-20-17-14-11-8-5-2/h16,19,21,24-25,28-29,32-33,35,41,44,57H,4-15,17-18,20,22-23,26-27,30-31,34,36-40,42-43,45-56H2,1-3H3/b19-16-,24-21-,28-25-,32-29-,35-33-,44-41-. The van der Waals surface area contributed by atoms with Crippen molar-refractivity contribution in [3.8, 4) is 0 Å².